The van der Waals surface area contributed by atoms with E-state index in [1.54, 1.807) is 12.1 Å². The first-order chi connectivity index (χ1) is 9.98. The maximum atomic E-state index is 11.8. The third kappa shape index (κ3) is 6.80. The molecule has 0 spiro atoms. The number of rotatable bonds is 7. The molecule has 0 aliphatic heterocycles. The van der Waals surface area contributed by atoms with E-state index in [0.29, 0.717) is 12.0 Å². The minimum atomic E-state index is -3.72. The van der Waals surface area contributed by atoms with Gasteiger partial charge in [0.2, 0.25) is 0 Å². The zero-order valence-electron chi connectivity index (χ0n) is 11.5. The van der Waals surface area contributed by atoms with Crippen LogP contribution in [-0.2, 0) is 14.9 Å². The number of aliphatic hydroxyl groups excluding tert-OH is 1. The van der Waals surface area contributed by atoms with E-state index >= 15 is 0 Å². The van der Waals surface area contributed by atoms with Crippen molar-refractivity contribution in [1.82, 2.24) is 4.72 Å². The van der Waals surface area contributed by atoms with Crippen LogP contribution in [0.2, 0.25) is 5.02 Å². The van der Waals surface area contributed by atoms with Crippen molar-refractivity contribution in [3.63, 3.8) is 0 Å². The first-order valence-electron chi connectivity index (χ1n) is 6.14. The van der Waals surface area contributed by atoms with Crippen molar-refractivity contribution in [2.45, 2.75) is 6.42 Å². The molecule has 0 aliphatic carbocycles. The highest BCUT2D eigenvalue weighted by atomic mass is 35.5. The third-order valence-corrected chi connectivity index (χ3v) is 3.68. The first-order valence-corrected chi connectivity index (χ1v) is 8.00. The monoisotopic (exact) mass is 332 g/mol. The van der Waals surface area contributed by atoms with Gasteiger partial charge >= 0.3 is 0 Å². The summed E-state index contributed by atoms with van der Waals surface area (Å²) in [6.07, 6.45) is 0.349. The molecule has 0 radical (unpaired) electrons. The van der Waals surface area contributed by atoms with Crippen molar-refractivity contribution in [2.24, 2.45) is 0 Å². The zero-order valence-corrected chi connectivity index (χ0v) is 13.1. The van der Waals surface area contributed by atoms with E-state index < -0.39 is 10.2 Å². The predicted octanol–water partition coefficient (Wildman–Crippen LogP) is 0.967. The van der Waals surface area contributed by atoms with Gasteiger partial charge in [-0.2, -0.15) is 13.1 Å². The lowest BCUT2D eigenvalue weighted by atomic mass is 10.2. The molecule has 1 aromatic carbocycles. The lowest BCUT2D eigenvalue weighted by molar-refractivity contribution is 0.204. The highest BCUT2D eigenvalue weighted by Crippen LogP contribution is 2.23. The molecule has 0 unspecified atom stereocenters. The van der Waals surface area contributed by atoms with E-state index in [4.69, 9.17) is 21.4 Å². The van der Waals surface area contributed by atoms with Crippen LogP contribution in [0.5, 0.6) is 0 Å². The SMILES string of the molecule is COCCNS(=O)(=O)Nc1cc(C#CCCO)ccc1Cl. The van der Waals surface area contributed by atoms with Crippen LogP contribution < -0.4 is 9.44 Å². The fourth-order valence-electron chi connectivity index (χ4n) is 1.36. The summed E-state index contributed by atoms with van der Waals surface area (Å²) in [6.45, 7) is 0.393. The van der Waals surface area contributed by atoms with Crippen LogP contribution in [0.25, 0.3) is 0 Å². The van der Waals surface area contributed by atoms with Crippen molar-refractivity contribution in [1.29, 1.82) is 0 Å². The molecule has 0 bridgehead atoms. The van der Waals surface area contributed by atoms with E-state index in [1.165, 1.54) is 13.2 Å². The second-order valence-electron chi connectivity index (χ2n) is 3.96. The van der Waals surface area contributed by atoms with Gasteiger partial charge in [-0.05, 0) is 18.2 Å². The Balaban J connectivity index is 2.83. The van der Waals surface area contributed by atoms with Crippen molar-refractivity contribution >= 4 is 27.5 Å². The third-order valence-electron chi connectivity index (χ3n) is 2.28. The lowest BCUT2D eigenvalue weighted by Gasteiger charge is -2.10. The fourth-order valence-corrected chi connectivity index (χ4v) is 2.46. The number of methoxy groups -OCH3 is 1. The maximum absolute atomic E-state index is 11.8. The van der Waals surface area contributed by atoms with Gasteiger partial charge in [0.25, 0.3) is 10.2 Å². The van der Waals surface area contributed by atoms with Crippen LogP contribution in [0, 0.1) is 11.8 Å². The van der Waals surface area contributed by atoms with Crippen molar-refractivity contribution in [3.8, 4) is 11.8 Å². The Bertz CT molecular complexity index is 623. The van der Waals surface area contributed by atoms with Crippen LogP contribution in [0.1, 0.15) is 12.0 Å². The van der Waals surface area contributed by atoms with E-state index in [2.05, 4.69) is 21.3 Å². The smallest absolute Gasteiger partial charge is 0.299 e. The topological polar surface area (TPSA) is 87.7 Å². The molecule has 0 saturated carbocycles. The molecule has 3 N–H and O–H groups in total. The van der Waals surface area contributed by atoms with Crippen molar-refractivity contribution < 1.29 is 18.3 Å². The normalized spacial score (nSPS) is 10.8. The summed E-state index contributed by atoms with van der Waals surface area (Å²) in [5.41, 5.74) is 0.833. The van der Waals surface area contributed by atoms with E-state index in [-0.39, 0.29) is 30.5 Å². The van der Waals surface area contributed by atoms with Crippen molar-refractivity contribution in [3.05, 3.63) is 28.8 Å². The summed E-state index contributed by atoms with van der Waals surface area (Å²) in [5, 5.41) is 8.93. The molecule has 0 amide bonds. The van der Waals surface area contributed by atoms with Gasteiger partial charge in [-0.25, -0.2) is 0 Å². The summed E-state index contributed by atoms with van der Waals surface area (Å²) >= 11 is 5.96. The molecule has 116 valence electrons. The molecule has 0 fully saturated rings. The number of ether oxygens (including phenoxy) is 1. The molecule has 1 aromatic rings. The van der Waals surface area contributed by atoms with Gasteiger partial charge in [0.15, 0.2) is 0 Å². The number of benzene rings is 1. The summed E-state index contributed by atoms with van der Waals surface area (Å²) in [5.74, 6) is 5.56. The van der Waals surface area contributed by atoms with Crippen LogP contribution in [0.15, 0.2) is 18.2 Å². The van der Waals surface area contributed by atoms with Crippen LogP contribution in [0.4, 0.5) is 5.69 Å². The predicted molar refractivity (Wildman–Crippen MR) is 82.5 cm³/mol. The van der Waals surface area contributed by atoms with E-state index in [0.717, 1.165) is 0 Å². The largest absolute Gasteiger partial charge is 0.395 e. The number of anilines is 1. The summed E-state index contributed by atoms with van der Waals surface area (Å²) < 4.78 is 33.0. The molecule has 21 heavy (non-hydrogen) atoms. The molecule has 6 nitrogen and oxygen atoms in total. The molecule has 0 aromatic heterocycles. The lowest BCUT2D eigenvalue weighted by Crippen LogP contribution is -2.32. The van der Waals surface area contributed by atoms with Gasteiger partial charge in [-0.15, -0.1) is 0 Å². The Morgan fingerprint density at radius 2 is 2.19 bits per heavy atom. The van der Waals surface area contributed by atoms with Gasteiger partial charge in [0, 0.05) is 25.6 Å². The number of nitrogens with one attached hydrogen (secondary N) is 2. The minimum Gasteiger partial charge on any atom is -0.395 e. The Kier molecular flexibility index (Phi) is 7.50. The Hall–Kier alpha value is -1.30. The maximum Gasteiger partial charge on any atom is 0.299 e. The number of halogens is 1. The van der Waals surface area contributed by atoms with E-state index in [9.17, 15) is 8.42 Å². The van der Waals surface area contributed by atoms with Gasteiger partial charge in [0.1, 0.15) is 0 Å². The molecular formula is C13H17ClN2O4S. The molecule has 8 heteroatoms. The van der Waals surface area contributed by atoms with Crippen molar-refractivity contribution in [2.75, 3.05) is 31.6 Å². The second-order valence-corrected chi connectivity index (χ2v) is 5.87. The average molecular weight is 333 g/mol. The number of aliphatic hydroxyl groups is 1. The highest BCUT2D eigenvalue weighted by molar-refractivity contribution is 7.90. The average Bonchev–Trinajstić information content (AvgIpc) is 2.42. The molecule has 1 rings (SSSR count). The first kappa shape index (κ1) is 17.8. The number of hydrogen-bond acceptors (Lipinski definition) is 4. The summed E-state index contributed by atoms with van der Waals surface area (Å²) in [6, 6.07) is 4.75. The number of hydrogen-bond donors (Lipinski definition) is 3. The van der Waals surface area contributed by atoms with Gasteiger partial charge < -0.3 is 9.84 Å². The zero-order chi connectivity index (χ0) is 15.7. The molecule has 0 heterocycles. The second kappa shape index (κ2) is 8.87. The minimum absolute atomic E-state index is 0.0243. The Morgan fingerprint density at radius 1 is 1.43 bits per heavy atom. The van der Waals surface area contributed by atoms with E-state index in [1.807, 2.05) is 0 Å². The van der Waals surface area contributed by atoms with Crippen LogP contribution in [0.3, 0.4) is 0 Å². The molecule has 0 aliphatic rings. The standard InChI is InChI=1S/C13H17ClN2O4S/c1-20-9-7-15-21(18,19)16-13-10-11(4-2-3-8-17)5-6-12(13)14/h5-6,10,15-17H,3,7-9H2,1H3. The quantitative estimate of drug-likeness (QED) is 0.513. The molecule has 0 saturated heterocycles. The van der Waals surface area contributed by atoms with Gasteiger partial charge in [-0.3, -0.25) is 4.72 Å². The van der Waals surface area contributed by atoms with Gasteiger partial charge in [0.05, 0.1) is 23.9 Å². The van der Waals surface area contributed by atoms with Gasteiger partial charge in [-0.1, -0.05) is 23.4 Å². The van der Waals surface area contributed by atoms with Crippen LogP contribution >= 0.6 is 11.6 Å². The summed E-state index contributed by atoms with van der Waals surface area (Å²) in [7, 11) is -2.24. The molecule has 0 atom stereocenters. The summed E-state index contributed by atoms with van der Waals surface area (Å²) in [4.78, 5) is 0. The Morgan fingerprint density at radius 3 is 2.86 bits per heavy atom. The highest BCUT2D eigenvalue weighted by Gasteiger charge is 2.11. The molecular weight excluding hydrogens is 316 g/mol. The fraction of sp³-hybridized carbons (Fsp3) is 0.385. The Labute approximate surface area is 129 Å². The van der Waals surface area contributed by atoms with Crippen LogP contribution in [-0.4, -0.2) is 40.4 Å².